The molecule has 0 saturated carbocycles. The van der Waals surface area contributed by atoms with Crippen LogP contribution >= 0.6 is 11.3 Å². The molecule has 0 aromatic carbocycles. The molecule has 3 nitrogen and oxygen atoms in total. The maximum atomic E-state index is 5.93. The van der Waals surface area contributed by atoms with E-state index in [1.807, 2.05) is 26.2 Å². The van der Waals surface area contributed by atoms with Gasteiger partial charge >= 0.3 is 0 Å². The zero-order chi connectivity index (χ0) is 11.5. The van der Waals surface area contributed by atoms with Crippen molar-refractivity contribution in [3.63, 3.8) is 0 Å². The first-order valence-electron chi connectivity index (χ1n) is 5.36. The highest BCUT2D eigenvalue weighted by Gasteiger charge is 2.25. The molecule has 0 amide bonds. The van der Waals surface area contributed by atoms with Crippen LogP contribution in [0.4, 0.5) is 0 Å². The lowest BCUT2D eigenvalue weighted by molar-refractivity contribution is -0.0142. The zero-order valence-corrected chi connectivity index (χ0v) is 10.7. The van der Waals surface area contributed by atoms with Crippen LogP contribution < -0.4 is 5.73 Å². The molecule has 1 heterocycles. The molecule has 1 aromatic heterocycles. The number of thiazole rings is 1. The predicted octanol–water partition coefficient (Wildman–Crippen LogP) is 2.82. The minimum atomic E-state index is -0.300. The van der Waals surface area contributed by atoms with Crippen LogP contribution in [0.25, 0.3) is 0 Å². The molecule has 86 valence electrons. The molecule has 15 heavy (non-hydrogen) atoms. The van der Waals surface area contributed by atoms with Gasteiger partial charge in [0.05, 0.1) is 5.69 Å². The van der Waals surface area contributed by atoms with E-state index in [1.54, 1.807) is 11.3 Å². The number of nitrogens with zero attached hydrogens (tertiary/aromatic N) is 1. The average Bonchev–Trinajstić information content (AvgIpc) is 2.66. The molecule has 0 aliphatic carbocycles. The Kier molecular flexibility index (Phi) is 4.25. The number of rotatable bonds is 5. The SMILES string of the molecule is CCOC(C)(C)c1nc(C(N)CC)cs1. The van der Waals surface area contributed by atoms with E-state index in [1.165, 1.54) is 0 Å². The molecular weight excluding hydrogens is 208 g/mol. The van der Waals surface area contributed by atoms with Crippen molar-refractivity contribution in [2.24, 2.45) is 5.73 Å². The van der Waals surface area contributed by atoms with Crippen LogP contribution in [0.2, 0.25) is 0 Å². The highest BCUT2D eigenvalue weighted by atomic mass is 32.1. The first-order valence-corrected chi connectivity index (χ1v) is 6.24. The summed E-state index contributed by atoms with van der Waals surface area (Å²) in [5, 5.41) is 3.04. The van der Waals surface area contributed by atoms with Crippen LogP contribution in [-0.2, 0) is 10.3 Å². The minimum absolute atomic E-state index is 0.0485. The topological polar surface area (TPSA) is 48.1 Å². The van der Waals surface area contributed by atoms with Gasteiger partial charge in [0, 0.05) is 18.0 Å². The van der Waals surface area contributed by atoms with Gasteiger partial charge in [-0.05, 0) is 27.2 Å². The van der Waals surface area contributed by atoms with E-state index in [4.69, 9.17) is 10.5 Å². The summed E-state index contributed by atoms with van der Waals surface area (Å²) in [5.74, 6) is 0. The maximum absolute atomic E-state index is 5.93. The Balaban J connectivity index is 2.83. The largest absolute Gasteiger partial charge is 0.369 e. The van der Waals surface area contributed by atoms with Gasteiger partial charge in [0.15, 0.2) is 0 Å². The quantitative estimate of drug-likeness (QED) is 0.843. The van der Waals surface area contributed by atoms with Crippen molar-refractivity contribution in [2.45, 2.75) is 45.8 Å². The van der Waals surface area contributed by atoms with Crippen molar-refractivity contribution in [2.75, 3.05) is 6.61 Å². The fourth-order valence-electron chi connectivity index (χ4n) is 1.36. The van der Waals surface area contributed by atoms with Crippen molar-refractivity contribution >= 4 is 11.3 Å². The Morgan fingerprint density at radius 1 is 1.53 bits per heavy atom. The average molecular weight is 228 g/mol. The second-order valence-corrected chi connectivity index (χ2v) is 4.89. The molecule has 0 saturated heterocycles. The molecule has 2 N–H and O–H groups in total. The van der Waals surface area contributed by atoms with Gasteiger partial charge in [-0.1, -0.05) is 6.92 Å². The van der Waals surface area contributed by atoms with Crippen LogP contribution in [0.1, 0.15) is 50.9 Å². The third kappa shape index (κ3) is 3.00. The number of hydrogen-bond acceptors (Lipinski definition) is 4. The third-order valence-electron chi connectivity index (χ3n) is 2.36. The van der Waals surface area contributed by atoms with Crippen LogP contribution in [0.15, 0.2) is 5.38 Å². The molecule has 1 unspecified atom stereocenters. The lowest BCUT2D eigenvalue weighted by atomic mass is 10.1. The van der Waals surface area contributed by atoms with Crippen molar-refractivity contribution in [1.29, 1.82) is 0 Å². The van der Waals surface area contributed by atoms with E-state index < -0.39 is 0 Å². The molecule has 0 bridgehead atoms. The fourth-order valence-corrected chi connectivity index (χ4v) is 2.33. The summed E-state index contributed by atoms with van der Waals surface area (Å²) < 4.78 is 5.65. The van der Waals surface area contributed by atoms with E-state index >= 15 is 0 Å². The van der Waals surface area contributed by atoms with Gasteiger partial charge in [0.1, 0.15) is 10.6 Å². The number of aromatic nitrogens is 1. The summed E-state index contributed by atoms with van der Waals surface area (Å²) >= 11 is 1.62. The van der Waals surface area contributed by atoms with Crippen LogP contribution in [0.3, 0.4) is 0 Å². The van der Waals surface area contributed by atoms with Crippen molar-refractivity contribution < 1.29 is 4.74 Å². The first-order chi connectivity index (χ1) is 7.01. The fraction of sp³-hybridized carbons (Fsp3) is 0.727. The van der Waals surface area contributed by atoms with Gasteiger partial charge in [0.25, 0.3) is 0 Å². The standard InChI is InChI=1S/C11H20N2OS/c1-5-8(12)9-7-15-10(13-9)11(3,4)14-6-2/h7-8H,5-6,12H2,1-4H3. The van der Waals surface area contributed by atoms with Crippen LogP contribution in [0.5, 0.6) is 0 Å². The molecule has 0 fully saturated rings. The number of nitrogens with two attached hydrogens (primary N) is 1. The van der Waals surface area contributed by atoms with E-state index in [-0.39, 0.29) is 11.6 Å². The molecule has 4 heteroatoms. The van der Waals surface area contributed by atoms with Gasteiger partial charge in [-0.15, -0.1) is 11.3 Å². The number of ether oxygens (including phenoxy) is 1. The lowest BCUT2D eigenvalue weighted by Gasteiger charge is -2.21. The summed E-state index contributed by atoms with van der Waals surface area (Å²) in [7, 11) is 0. The molecule has 1 rings (SSSR count). The maximum Gasteiger partial charge on any atom is 0.124 e. The summed E-state index contributed by atoms with van der Waals surface area (Å²) in [4.78, 5) is 4.54. The van der Waals surface area contributed by atoms with Gasteiger partial charge < -0.3 is 10.5 Å². The summed E-state index contributed by atoms with van der Waals surface area (Å²) in [6.45, 7) is 8.83. The second-order valence-electron chi connectivity index (χ2n) is 4.04. The Labute approximate surface area is 95.7 Å². The number of hydrogen-bond donors (Lipinski definition) is 1. The van der Waals surface area contributed by atoms with Gasteiger partial charge in [0.2, 0.25) is 0 Å². The van der Waals surface area contributed by atoms with Gasteiger partial charge in [-0.2, -0.15) is 0 Å². The normalized spacial score (nSPS) is 14.2. The molecule has 0 radical (unpaired) electrons. The van der Waals surface area contributed by atoms with E-state index in [2.05, 4.69) is 11.9 Å². The van der Waals surface area contributed by atoms with Crippen LogP contribution in [-0.4, -0.2) is 11.6 Å². The Morgan fingerprint density at radius 3 is 2.73 bits per heavy atom. The van der Waals surface area contributed by atoms with E-state index in [0.717, 1.165) is 17.1 Å². The van der Waals surface area contributed by atoms with Crippen molar-refractivity contribution in [3.8, 4) is 0 Å². The predicted molar refractivity (Wildman–Crippen MR) is 64.0 cm³/mol. The molecule has 0 aliphatic rings. The highest BCUT2D eigenvalue weighted by molar-refractivity contribution is 7.09. The second kappa shape index (κ2) is 5.05. The summed E-state index contributed by atoms with van der Waals surface area (Å²) in [6, 6.07) is 0.0485. The van der Waals surface area contributed by atoms with Crippen molar-refractivity contribution in [1.82, 2.24) is 4.98 Å². The Morgan fingerprint density at radius 2 is 2.20 bits per heavy atom. The molecule has 0 spiro atoms. The Bertz CT molecular complexity index is 309. The third-order valence-corrected chi connectivity index (χ3v) is 3.53. The van der Waals surface area contributed by atoms with Crippen molar-refractivity contribution in [3.05, 3.63) is 16.1 Å². The first kappa shape index (κ1) is 12.6. The van der Waals surface area contributed by atoms with E-state index in [9.17, 15) is 0 Å². The lowest BCUT2D eigenvalue weighted by Crippen LogP contribution is -2.21. The zero-order valence-electron chi connectivity index (χ0n) is 9.91. The van der Waals surface area contributed by atoms with E-state index in [0.29, 0.717) is 6.61 Å². The molecule has 1 aromatic rings. The monoisotopic (exact) mass is 228 g/mol. The highest BCUT2D eigenvalue weighted by Crippen LogP contribution is 2.29. The summed E-state index contributed by atoms with van der Waals surface area (Å²) in [6.07, 6.45) is 0.915. The minimum Gasteiger partial charge on any atom is -0.369 e. The molecular formula is C11H20N2OS. The molecule has 0 aliphatic heterocycles. The van der Waals surface area contributed by atoms with Gasteiger partial charge in [-0.3, -0.25) is 0 Å². The summed E-state index contributed by atoms with van der Waals surface area (Å²) in [5.41, 5.74) is 6.60. The Hall–Kier alpha value is -0.450. The van der Waals surface area contributed by atoms with Gasteiger partial charge in [-0.25, -0.2) is 4.98 Å². The molecule has 1 atom stereocenters. The van der Waals surface area contributed by atoms with Crippen LogP contribution in [0, 0.1) is 0 Å². The smallest absolute Gasteiger partial charge is 0.124 e.